The van der Waals surface area contributed by atoms with Gasteiger partial charge in [-0.3, -0.25) is 9.78 Å². The Morgan fingerprint density at radius 2 is 1.94 bits per heavy atom. The van der Waals surface area contributed by atoms with Gasteiger partial charge in [-0.2, -0.15) is 5.26 Å². The maximum absolute atomic E-state index is 13.1. The van der Waals surface area contributed by atoms with E-state index in [9.17, 15) is 14.9 Å². The van der Waals surface area contributed by atoms with Crippen molar-refractivity contribution in [2.24, 2.45) is 0 Å². The molecule has 1 aliphatic rings. The van der Waals surface area contributed by atoms with E-state index in [2.05, 4.69) is 5.32 Å². The minimum Gasteiger partial charge on any atom is -0.452 e. The number of hydrogen-bond donors (Lipinski definition) is 1. The topological polar surface area (TPSA) is 92.1 Å². The van der Waals surface area contributed by atoms with Crippen molar-refractivity contribution in [2.45, 2.75) is 32.1 Å². The van der Waals surface area contributed by atoms with E-state index in [1.165, 1.54) is 12.1 Å². The lowest BCUT2D eigenvalue weighted by Crippen LogP contribution is -2.22. The van der Waals surface area contributed by atoms with Gasteiger partial charge in [-0.1, -0.05) is 36.2 Å². The van der Waals surface area contributed by atoms with Gasteiger partial charge in [0, 0.05) is 16.1 Å². The number of benzene rings is 2. The highest BCUT2D eigenvalue weighted by molar-refractivity contribution is 6.31. The molecule has 2 aromatic carbocycles. The van der Waals surface area contributed by atoms with Gasteiger partial charge >= 0.3 is 5.97 Å². The summed E-state index contributed by atoms with van der Waals surface area (Å²) in [6, 6.07) is 14.0. The minimum absolute atomic E-state index is 0.273. The molecule has 0 radical (unpaired) electrons. The van der Waals surface area contributed by atoms with Crippen LogP contribution in [0.5, 0.6) is 0 Å². The largest absolute Gasteiger partial charge is 0.452 e. The number of carbonyl (C=O) groups is 2. The van der Waals surface area contributed by atoms with E-state index >= 15 is 0 Å². The maximum atomic E-state index is 13.1. The van der Waals surface area contributed by atoms with Crippen molar-refractivity contribution >= 4 is 40.1 Å². The molecule has 0 atom stereocenters. The Morgan fingerprint density at radius 3 is 2.77 bits per heavy atom. The first-order valence-electron chi connectivity index (χ1n) is 10.1. The third-order valence-corrected chi connectivity index (χ3v) is 5.57. The van der Waals surface area contributed by atoms with Crippen molar-refractivity contribution in [3.05, 3.63) is 69.9 Å². The molecule has 4 rings (SSSR count). The normalized spacial score (nSPS) is 13.0. The molecule has 7 heteroatoms. The summed E-state index contributed by atoms with van der Waals surface area (Å²) < 4.78 is 5.39. The Bertz CT molecular complexity index is 1220. The number of pyridine rings is 1. The van der Waals surface area contributed by atoms with E-state index in [1.807, 2.05) is 30.3 Å². The minimum atomic E-state index is -0.545. The number of nitrogens with one attached hydrogen (secondary N) is 1. The molecule has 0 unspecified atom stereocenters. The van der Waals surface area contributed by atoms with Crippen LogP contribution in [0.3, 0.4) is 0 Å². The summed E-state index contributed by atoms with van der Waals surface area (Å²) in [6.45, 7) is -0.471. The van der Waals surface area contributed by atoms with Gasteiger partial charge in [-0.25, -0.2) is 4.79 Å². The number of esters is 1. The number of hydrogen-bond acceptors (Lipinski definition) is 5. The number of ether oxygens (including phenoxy) is 1. The maximum Gasteiger partial charge on any atom is 0.339 e. The number of anilines is 1. The predicted octanol–water partition coefficient (Wildman–Crippen LogP) is 4.82. The van der Waals surface area contributed by atoms with Crippen molar-refractivity contribution in [1.29, 1.82) is 5.26 Å². The molecule has 0 fully saturated rings. The average Bonchev–Trinajstić information content (AvgIpc) is 3.01. The molecule has 0 aliphatic heterocycles. The fourth-order valence-corrected chi connectivity index (χ4v) is 4.06. The second kappa shape index (κ2) is 9.15. The number of nitrogens with zero attached hydrogens (tertiary/aromatic N) is 2. The number of carbonyl (C=O) groups excluding carboxylic acids is 2. The first kappa shape index (κ1) is 20.8. The van der Waals surface area contributed by atoms with Crippen molar-refractivity contribution in [3.8, 4) is 6.07 Å². The average molecular weight is 434 g/mol. The summed E-state index contributed by atoms with van der Waals surface area (Å²) in [6.07, 6.45) is 4.70. The van der Waals surface area contributed by atoms with Crippen LogP contribution in [0.2, 0.25) is 5.02 Å². The fraction of sp³-hybridized carbons (Fsp3) is 0.250. The number of aryl methyl sites for hydroxylation is 1. The van der Waals surface area contributed by atoms with E-state index in [0.717, 1.165) is 54.3 Å². The van der Waals surface area contributed by atoms with Crippen LogP contribution in [0.25, 0.3) is 10.9 Å². The van der Waals surface area contributed by atoms with Gasteiger partial charge in [0.05, 0.1) is 22.3 Å². The number of rotatable bonds is 4. The van der Waals surface area contributed by atoms with Crippen LogP contribution in [0.1, 0.15) is 46.4 Å². The molecule has 1 aliphatic carbocycles. The van der Waals surface area contributed by atoms with E-state index < -0.39 is 18.5 Å². The summed E-state index contributed by atoms with van der Waals surface area (Å²) in [4.78, 5) is 30.2. The van der Waals surface area contributed by atoms with Gasteiger partial charge in [0.15, 0.2) is 6.61 Å². The number of para-hydroxylation sites is 1. The first-order valence-corrected chi connectivity index (χ1v) is 10.5. The molecule has 0 saturated carbocycles. The second-order valence-corrected chi connectivity index (χ2v) is 7.85. The fourth-order valence-electron chi connectivity index (χ4n) is 3.89. The lowest BCUT2D eigenvalue weighted by molar-refractivity contribution is -0.119. The van der Waals surface area contributed by atoms with Crippen molar-refractivity contribution in [2.75, 3.05) is 11.9 Å². The number of aromatic nitrogens is 1. The molecular weight excluding hydrogens is 414 g/mol. The van der Waals surface area contributed by atoms with E-state index in [1.54, 1.807) is 6.07 Å². The van der Waals surface area contributed by atoms with Crippen LogP contribution >= 0.6 is 11.6 Å². The van der Waals surface area contributed by atoms with Crippen LogP contribution in [0, 0.1) is 11.3 Å². The lowest BCUT2D eigenvalue weighted by atomic mass is 9.97. The highest BCUT2D eigenvalue weighted by Crippen LogP contribution is 2.29. The molecule has 156 valence electrons. The molecule has 3 aromatic rings. The van der Waals surface area contributed by atoms with Gasteiger partial charge < -0.3 is 10.1 Å². The van der Waals surface area contributed by atoms with Gasteiger partial charge in [-0.05, 0) is 55.5 Å². The van der Waals surface area contributed by atoms with E-state index in [4.69, 9.17) is 21.3 Å². The Balaban J connectivity index is 1.57. The zero-order chi connectivity index (χ0) is 21.8. The number of amides is 1. The molecule has 0 spiro atoms. The zero-order valence-corrected chi connectivity index (χ0v) is 17.5. The van der Waals surface area contributed by atoms with E-state index in [-0.39, 0.29) is 11.3 Å². The van der Waals surface area contributed by atoms with Crippen LogP contribution < -0.4 is 5.32 Å². The van der Waals surface area contributed by atoms with Crippen LogP contribution in [0.4, 0.5) is 5.69 Å². The monoisotopic (exact) mass is 433 g/mol. The van der Waals surface area contributed by atoms with Gasteiger partial charge in [0.1, 0.15) is 6.07 Å². The first-order chi connectivity index (χ1) is 15.1. The third kappa shape index (κ3) is 4.52. The van der Waals surface area contributed by atoms with Crippen LogP contribution in [-0.2, 0) is 22.4 Å². The highest BCUT2D eigenvalue weighted by Gasteiger charge is 2.23. The Hall–Kier alpha value is -3.43. The SMILES string of the molecule is N#Cc1ccc(Cl)cc1NC(=O)COC(=O)c1c2c(nc3ccccc13)CCCCC2. The quantitative estimate of drug-likeness (QED) is 0.470. The third-order valence-electron chi connectivity index (χ3n) is 5.33. The molecule has 6 nitrogen and oxygen atoms in total. The molecule has 31 heavy (non-hydrogen) atoms. The Kier molecular flexibility index (Phi) is 6.15. The van der Waals surface area contributed by atoms with Gasteiger partial charge in [-0.15, -0.1) is 0 Å². The predicted molar refractivity (Wildman–Crippen MR) is 118 cm³/mol. The van der Waals surface area contributed by atoms with E-state index in [0.29, 0.717) is 10.6 Å². The zero-order valence-electron chi connectivity index (χ0n) is 16.8. The second-order valence-electron chi connectivity index (χ2n) is 7.42. The molecule has 0 bridgehead atoms. The Labute approximate surface area is 184 Å². The summed E-state index contributed by atoms with van der Waals surface area (Å²) in [5.41, 5.74) is 3.65. The van der Waals surface area contributed by atoms with Crippen LogP contribution in [-0.4, -0.2) is 23.5 Å². The number of nitriles is 1. The smallest absolute Gasteiger partial charge is 0.339 e. The van der Waals surface area contributed by atoms with Crippen molar-refractivity contribution < 1.29 is 14.3 Å². The number of halogens is 1. The van der Waals surface area contributed by atoms with Crippen molar-refractivity contribution in [3.63, 3.8) is 0 Å². The molecule has 0 saturated heterocycles. The van der Waals surface area contributed by atoms with Crippen LogP contribution in [0.15, 0.2) is 42.5 Å². The Morgan fingerprint density at radius 1 is 1.13 bits per heavy atom. The molecular formula is C24H20ClN3O3. The molecule has 1 aromatic heterocycles. The summed E-state index contributed by atoms with van der Waals surface area (Å²) in [5.74, 6) is -1.09. The number of fused-ring (bicyclic) bond motifs is 2. The van der Waals surface area contributed by atoms with Crippen molar-refractivity contribution in [1.82, 2.24) is 4.98 Å². The standard InChI is InChI=1S/C24H20ClN3O3/c25-16-11-10-15(13-26)21(12-16)28-22(29)14-31-24(30)23-17-6-2-1-3-8-19(17)27-20-9-5-4-7-18(20)23/h4-5,7,9-12H,1-3,6,8,14H2,(H,28,29). The lowest BCUT2D eigenvalue weighted by Gasteiger charge is -2.15. The summed E-state index contributed by atoms with van der Waals surface area (Å²) in [5, 5.41) is 12.9. The molecule has 1 amide bonds. The molecule has 1 heterocycles. The summed E-state index contributed by atoms with van der Waals surface area (Å²) >= 11 is 5.95. The summed E-state index contributed by atoms with van der Waals surface area (Å²) in [7, 11) is 0. The van der Waals surface area contributed by atoms with Gasteiger partial charge in [0.2, 0.25) is 0 Å². The molecule has 1 N–H and O–H groups in total. The highest BCUT2D eigenvalue weighted by atomic mass is 35.5. The van der Waals surface area contributed by atoms with Gasteiger partial charge in [0.25, 0.3) is 5.91 Å².